The Labute approximate surface area is 235 Å². The van der Waals surface area contributed by atoms with Crippen LogP contribution in [0, 0.1) is 5.41 Å². The Morgan fingerprint density at radius 1 is 1.07 bits per heavy atom. The number of likely N-dealkylation sites (tertiary alicyclic amines) is 1. The molecule has 4 aromatic rings. The van der Waals surface area contributed by atoms with Crippen LogP contribution in [0.15, 0.2) is 54.9 Å². The van der Waals surface area contributed by atoms with Crippen LogP contribution in [-0.2, 0) is 37.6 Å². The number of rotatable bonds is 4. The molecule has 2 aliphatic heterocycles. The molecule has 40 heavy (non-hydrogen) atoms. The second-order valence-electron chi connectivity index (χ2n) is 11.0. The highest BCUT2D eigenvalue weighted by molar-refractivity contribution is 5.85. The molecule has 2 aromatic carbocycles. The lowest BCUT2D eigenvalue weighted by Gasteiger charge is -2.41. The molecule has 0 unspecified atom stereocenters. The summed E-state index contributed by atoms with van der Waals surface area (Å²) in [7, 11) is 1.71. The molecule has 1 saturated heterocycles. The summed E-state index contributed by atoms with van der Waals surface area (Å²) in [6.07, 6.45) is 7.58. The minimum absolute atomic E-state index is 0.144. The third kappa shape index (κ3) is 5.30. The van der Waals surface area contributed by atoms with Gasteiger partial charge in [0, 0.05) is 48.8 Å². The van der Waals surface area contributed by atoms with Gasteiger partial charge in [-0.1, -0.05) is 23.4 Å². The average molecular weight is 543 g/mol. The van der Waals surface area contributed by atoms with Crippen LogP contribution in [-0.4, -0.2) is 50.6 Å². The van der Waals surface area contributed by atoms with E-state index in [0.29, 0.717) is 13.2 Å². The van der Waals surface area contributed by atoms with Crippen molar-refractivity contribution in [2.75, 3.05) is 20.2 Å². The third-order valence-corrected chi connectivity index (χ3v) is 8.62. The molecule has 0 atom stereocenters. The van der Waals surface area contributed by atoms with Gasteiger partial charge >= 0.3 is 0 Å². The minimum Gasteiger partial charge on any atom is -0.497 e. The van der Waals surface area contributed by atoms with Crippen molar-refractivity contribution in [3.8, 4) is 11.5 Å². The van der Waals surface area contributed by atoms with Gasteiger partial charge in [-0.2, -0.15) is 0 Å². The van der Waals surface area contributed by atoms with Gasteiger partial charge in [0.05, 0.1) is 18.7 Å². The molecule has 0 aliphatic carbocycles. The minimum atomic E-state index is -0.402. The average Bonchev–Trinajstić information content (AvgIpc) is 3.59. The number of nitrogens with one attached hydrogen (secondary N) is 1. The summed E-state index contributed by atoms with van der Waals surface area (Å²) < 4.78 is 15.7. The second kappa shape index (κ2) is 11.3. The second-order valence-corrected chi connectivity index (χ2v) is 11.0. The van der Waals surface area contributed by atoms with Gasteiger partial charge in [0.25, 0.3) is 0 Å². The summed E-state index contributed by atoms with van der Waals surface area (Å²) >= 11 is 0. The standard InChI is InChI=1S/C31H38N6O3/c1-3-36-20-24(27-17-26(39-2)9-10-28(27)36)19-35-15-12-31(13-16-35)11-6-14-37-21-25(33-34-37)22-40-29-8-5-4-7-23(29)18-32-30(31)38/h4-5,7-10,17,20-21H,3,6,11-16,18-19,22H2,1-2H3,(H,32,38). The lowest BCUT2D eigenvalue weighted by molar-refractivity contribution is -0.135. The van der Waals surface area contributed by atoms with Crippen LogP contribution in [0.5, 0.6) is 11.5 Å². The Morgan fingerprint density at radius 3 is 2.75 bits per heavy atom. The first-order chi connectivity index (χ1) is 19.6. The monoisotopic (exact) mass is 542 g/mol. The molecule has 1 fully saturated rings. The summed E-state index contributed by atoms with van der Waals surface area (Å²) in [5.74, 6) is 1.79. The predicted molar refractivity (Wildman–Crippen MR) is 153 cm³/mol. The zero-order valence-electron chi connectivity index (χ0n) is 23.4. The van der Waals surface area contributed by atoms with E-state index in [2.05, 4.69) is 50.3 Å². The van der Waals surface area contributed by atoms with Gasteiger partial charge in [0.2, 0.25) is 5.91 Å². The van der Waals surface area contributed by atoms with Crippen LogP contribution < -0.4 is 14.8 Å². The first-order valence-electron chi connectivity index (χ1n) is 14.3. The molecule has 1 amide bonds. The molecule has 1 N–H and O–H groups in total. The number of benzene rings is 2. The smallest absolute Gasteiger partial charge is 0.226 e. The molecular formula is C31H38N6O3. The number of fused-ring (bicyclic) bond motifs is 4. The highest BCUT2D eigenvalue weighted by Crippen LogP contribution is 2.38. The number of para-hydroxylation sites is 1. The number of hydrogen-bond acceptors (Lipinski definition) is 6. The van der Waals surface area contributed by atoms with Crippen LogP contribution in [0.25, 0.3) is 10.9 Å². The van der Waals surface area contributed by atoms with E-state index in [1.807, 2.05) is 41.2 Å². The summed E-state index contributed by atoms with van der Waals surface area (Å²) in [6.45, 7) is 7.26. The van der Waals surface area contributed by atoms with Crippen molar-refractivity contribution >= 4 is 16.8 Å². The van der Waals surface area contributed by atoms with E-state index < -0.39 is 5.41 Å². The Bertz CT molecular complexity index is 1480. The zero-order chi connectivity index (χ0) is 27.5. The number of carbonyl (C=O) groups excluding carboxylic acids is 1. The fraction of sp³-hybridized carbons (Fsp3) is 0.452. The normalized spacial score (nSPS) is 18.1. The van der Waals surface area contributed by atoms with Crippen LogP contribution in [0.1, 0.15) is 49.4 Å². The predicted octanol–water partition coefficient (Wildman–Crippen LogP) is 4.53. The van der Waals surface area contributed by atoms with E-state index in [1.54, 1.807) is 7.11 Å². The lowest BCUT2D eigenvalue weighted by atomic mass is 9.73. The van der Waals surface area contributed by atoms with Crippen molar-refractivity contribution in [3.05, 3.63) is 71.7 Å². The Balaban J connectivity index is 1.20. The van der Waals surface area contributed by atoms with Gasteiger partial charge in [-0.3, -0.25) is 14.4 Å². The highest BCUT2D eigenvalue weighted by atomic mass is 16.5. The van der Waals surface area contributed by atoms with Crippen molar-refractivity contribution < 1.29 is 14.3 Å². The molecule has 1 spiro atoms. The molecule has 210 valence electrons. The van der Waals surface area contributed by atoms with E-state index in [4.69, 9.17) is 9.47 Å². The Morgan fingerprint density at radius 2 is 1.93 bits per heavy atom. The fourth-order valence-corrected chi connectivity index (χ4v) is 6.23. The number of carbonyl (C=O) groups is 1. The van der Waals surface area contributed by atoms with E-state index in [1.165, 1.54) is 16.5 Å². The van der Waals surface area contributed by atoms with Crippen LogP contribution >= 0.6 is 0 Å². The molecule has 2 bridgehead atoms. The molecule has 2 aliphatic rings. The summed E-state index contributed by atoms with van der Waals surface area (Å²) in [5, 5.41) is 13.1. The number of hydrogen-bond donors (Lipinski definition) is 1. The number of methoxy groups -OCH3 is 1. The quantitative estimate of drug-likeness (QED) is 0.408. The van der Waals surface area contributed by atoms with Crippen LogP contribution in [0.2, 0.25) is 0 Å². The molecule has 0 saturated carbocycles. The van der Waals surface area contributed by atoms with E-state index >= 15 is 0 Å². The van der Waals surface area contributed by atoms with Crippen molar-refractivity contribution in [2.24, 2.45) is 5.41 Å². The van der Waals surface area contributed by atoms with Gasteiger partial charge in [-0.05, 0) is 75.5 Å². The fourth-order valence-electron chi connectivity index (χ4n) is 6.23. The van der Waals surface area contributed by atoms with Gasteiger partial charge in [-0.25, -0.2) is 0 Å². The van der Waals surface area contributed by atoms with Gasteiger partial charge in [-0.15, -0.1) is 5.10 Å². The molecule has 6 rings (SSSR count). The number of nitrogens with zero attached hydrogens (tertiary/aromatic N) is 5. The maximum Gasteiger partial charge on any atom is 0.226 e. The zero-order valence-corrected chi connectivity index (χ0v) is 23.4. The maximum absolute atomic E-state index is 13.8. The van der Waals surface area contributed by atoms with E-state index in [9.17, 15) is 4.79 Å². The largest absolute Gasteiger partial charge is 0.497 e. The number of ether oxygens (including phenoxy) is 2. The molecule has 4 heterocycles. The Hall–Kier alpha value is -3.85. The summed E-state index contributed by atoms with van der Waals surface area (Å²) in [5.41, 5.74) is 3.91. The highest BCUT2D eigenvalue weighted by Gasteiger charge is 2.41. The molecular weight excluding hydrogens is 504 g/mol. The SMILES string of the molecule is CCn1cc(CN2CCC3(CCCn4cc(nn4)COc4ccccc4CNC3=O)CC2)c2cc(OC)ccc21. The first-order valence-corrected chi connectivity index (χ1v) is 14.3. The Kier molecular flexibility index (Phi) is 7.47. The van der Waals surface area contributed by atoms with Crippen molar-refractivity contribution in [1.29, 1.82) is 0 Å². The number of amides is 1. The summed E-state index contributed by atoms with van der Waals surface area (Å²) in [4.78, 5) is 16.3. The topological polar surface area (TPSA) is 86.4 Å². The number of aryl methyl sites for hydroxylation is 2. The van der Waals surface area contributed by atoms with E-state index in [-0.39, 0.29) is 5.91 Å². The van der Waals surface area contributed by atoms with Crippen molar-refractivity contribution in [2.45, 2.75) is 65.4 Å². The maximum atomic E-state index is 13.8. The molecule has 9 heteroatoms. The third-order valence-electron chi connectivity index (χ3n) is 8.62. The first kappa shape index (κ1) is 26.4. The van der Waals surface area contributed by atoms with Gasteiger partial charge < -0.3 is 19.4 Å². The van der Waals surface area contributed by atoms with E-state index in [0.717, 1.165) is 81.2 Å². The molecule has 2 aromatic heterocycles. The van der Waals surface area contributed by atoms with Gasteiger partial charge in [0.15, 0.2) is 0 Å². The lowest BCUT2D eigenvalue weighted by Crippen LogP contribution is -2.48. The van der Waals surface area contributed by atoms with Crippen LogP contribution in [0.3, 0.4) is 0 Å². The van der Waals surface area contributed by atoms with Crippen molar-refractivity contribution in [1.82, 2.24) is 29.8 Å². The van der Waals surface area contributed by atoms with Crippen LogP contribution in [0.4, 0.5) is 0 Å². The number of piperidine rings is 1. The number of aromatic nitrogens is 4. The molecule has 0 radical (unpaired) electrons. The summed E-state index contributed by atoms with van der Waals surface area (Å²) in [6, 6.07) is 14.2. The van der Waals surface area contributed by atoms with Crippen molar-refractivity contribution in [3.63, 3.8) is 0 Å². The van der Waals surface area contributed by atoms with Gasteiger partial charge in [0.1, 0.15) is 23.8 Å². The molecule has 9 nitrogen and oxygen atoms in total.